The lowest BCUT2D eigenvalue weighted by molar-refractivity contribution is -0.142. The highest BCUT2D eigenvalue weighted by Gasteiger charge is 2.26. The zero-order chi connectivity index (χ0) is 22.1. The van der Waals surface area contributed by atoms with E-state index in [2.05, 4.69) is 12.2 Å². The molecule has 0 aliphatic heterocycles. The molecular weight excluding hydrogens is 376 g/mol. The first kappa shape index (κ1) is 23.5. The van der Waals surface area contributed by atoms with Gasteiger partial charge in [0.15, 0.2) is 6.61 Å². The summed E-state index contributed by atoms with van der Waals surface area (Å²) >= 11 is 0. The van der Waals surface area contributed by atoms with E-state index in [1.54, 1.807) is 11.8 Å². The van der Waals surface area contributed by atoms with Crippen LogP contribution in [0.5, 0.6) is 5.75 Å². The highest BCUT2D eigenvalue weighted by Crippen LogP contribution is 2.17. The smallest absolute Gasteiger partial charge is 0.261 e. The maximum absolute atomic E-state index is 13.0. The van der Waals surface area contributed by atoms with Gasteiger partial charge in [-0.1, -0.05) is 49.2 Å². The molecule has 1 N–H and O–H groups in total. The summed E-state index contributed by atoms with van der Waals surface area (Å²) in [6.45, 7) is 10.8. The van der Waals surface area contributed by atoms with Gasteiger partial charge < -0.3 is 15.0 Å². The third kappa shape index (κ3) is 6.90. The van der Waals surface area contributed by atoms with E-state index in [9.17, 15) is 9.59 Å². The molecule has 2 rings (SSSR count). The molecule has 0 saturated carbocycles. The van der Waals surface area contributed by atoms with Crippen molar-refractivity contribution in [3.63, 3.8) is 0 Å². The minimum atomic E-state index is -0.584. The molecule has 0 bridgehead atoms. The van der Waals surface area contributed by atoms with Gasteiger partial charge in [0.1, 0.15) is 11.8 Å². The van der Waals surface area contributed by atoms with Gasteiger partial charge in [-0.25, -0.2) is 0 Å². The molecule has 0 saturated heterocycles. The van der Waals surface area contributed by atoms with Crippen LogP contribution in [0.4, 0.5) is 0 Å². The van der Waals surface area contributed by atoms with Gasteiger partial charge in [-0.3, -0.25) is 9.59 Å². The molecule has 5 nitrogen and oxygen atoms in total. The number of carbonyl (C=O) groups is 2. The summed E-state index contributed by atoms with van der Waals surface area (Å²) in [6.07, 6.45) is 1.92. The predicted molar refractivity (Wildman–Crippen MR) is 121 cm³/mol. The zero-order valence-electron chi connectivity index (χ0n) is 18.8. The molecule has 1 atom stereocenters. The van der Waals surface area contributed by atoms with Gasteiger partial charge in [0, 0.05) is 13.1 Å². The van der Waals surface area contributed by atoms with Crippen molar-refractivity contribution in [2.75, 3.05) is 13.2 Å². The van der Waals surface area contributed by atoms with Crippen molar-refractivity contribution in [3.05, 3.63) is 64.7 Å². The second-order valence-electron chi connectivity index (χ2n) is 7.86. The molecule has 30 heavy (non-hydrogen) atoms. The SMILES string of the molecule is CCCCNC(=O)C(C)N(Cc1ccc(C)cc1)C(=O)COc1ccc(C)c(C)c1. The van der Waals surface area contributed by atoms with Crippen LogP contribution in [0.2, 0.25) is 0 Å². The van der Waals surface area contributed by atoms with Crippen LogP contribution in [0.1, 0.15) is 48.9 Å². The number of amides is 2. The van der Waals surface area contributed by atoms with Gasteiger partial charge in [-0.15, -0.1) is 0 Å². The molecule has 0 spiro atoms. The molecule has 1 unspecified atom stereocenters. The van der Waals surface area contributed by atoms with Crippen molar-refractivity contribution >= 4 is 11.8 Å². The van der Waals surface area contributed by atoms with Crippen LogP contribution in [0.3, 0.4) is 0 Å². The van der Waals surface area contributed by atoms with Crippen molar-refractivity contribution in [3.8, 4) is 5.75 Å². The lowest BCUT2D eigenvalue weighted by atomic mass is 10.1. The second kappa shape index (κ2) is 11.4. The molecule has 0 aliphatic rings. The van der Waals surface area contributed by atoms with E-state index in [1.807, 2.05) is 63.2 Å². The number of unbranched alkanes of at least 4 members (excludes halogenated alkanes) is 1. The molecule has 2 aromatic carbocycles. The standard InChI is InChI=1S/C25H34N2O3/c1-6-7-14-26-25(29)21(5)27(16-22-11-8-18(2)9-12-22)24(28)17-30-23-13-10-19(3)20(4)15-23/h8-13,15,21H,6-7,14,16-17H2,1-5H3,(H,26,29). The van der Waals surface area contributed by atoms with Crippen LogP contribution >= 0.6 is 0 Å². The number of nitrogens with zero attached hydrogens (tertiary/aromatic N) is 1. The molecule has 2 aromatic rings. The summed E-state index contributed by atoms with van der Waals surface area (Å²) in [6, 6.07) is 13.2. The molecule has 2 amide bonds. The second-order valence-corrected chi connectivity index (χ2v) is 7.86. The van der Waals surface area contributed by atoms with E-state index in [0.717, 1.165) is 29.5 Å². The Bertz CT molecular complexity index is 846. The first-order valence-electron chi connectivity index (χ1n) is 10.6. The van der Waals surface area contributed by atoms with Crippen molar-refractivity contribution in [2.45, 2.75) is 60.0 Å². The average Bonchev–Trinajstić information content (AvgIpc) is 2.73. The number of carbonyl (C=O) groups excluding carboxylic acids is 2. The fraction of sp³-hybridized carbons (Fsp3) is 0.440. The van der Waals surface area contributed by atoms with E-state index >= 15 is 0 Å². The third-order valence-electron chi connectivity index (χ3n) is 5.31. The van der Waals surface area contributed by atoms with Crippen LogP contribution in [-0.2, 0) is 16.1 Å². The molecule has 0 aliphatic carbocycles. The van der Waals surface area contributed by atoms with Crippen LogP contribution < -0.4 is 10.1 Å². The van der Waals surface area contributed by atoms with Crippen molar-refractivity contribution in [1.29, 1.82) is 0 Å². The van der Waals surface area contributed by atoms with E-state index < -0.39 is 6.04 Å². The quantitative estimate of drug-likeness (QED) is 0.593. The number of hydrogen-bond donors (Lipinski definition) is 1. The predicted octanol–water partition coefficient (Wildman–Crippen LogP) is 4.32. The molecule has 0 aromatic heterocycles. The molecule has 162 valence electrons. The number of nitrogens with one attached hydrogen (secondary N) is 1. The number of rotatable bonds is 10. The van der Waals surface area contributed by atoms with E-state index in [4.69, 9.17) is 4.74 Å². The van der Waals surface area contributed by atoms with Crippen LogP contribution in [-0.4, -0.2) is 35.9 Å². The number of benzene rings is 2. The van der Waals surface area contributed by atoms with Gasteiger partial charge in [0.05, 0.1) is 0 Å². The van der Waals surface area contributed by atoms with Crippen molar-refractivity contribution < 1.29 is 14.3 Å². The monoisotopic (exact) mass is 410 g/mol. The molecule has 0 fully saturated rings. The summed E-state index contributed by atoms with van der Waals surface area (Å²) in [4.78, 5) is 27.2. The Kier molecular flexibility index (Phi) is 8.90. The third-order valence-corrected chi connectivity index (χ3v) is 5.31. The maximum Gasteiger partial charge on any atom is 0.261 e. The summed E-state index contributed by atoms with van der Waals surface area (Å²) in [7, 11) is 0. The Morgan fingerprint density at radius 3 is 2.37 bits per heavy atom. The van der Waals surface area contributed by atoms with E-state index in [-0.39, 0.29) is 18.4 Å². The topological polar surface area (TPSA) is 58.6 Å². The Labute approximate surface area is 180 Å². The summed E-state index contributed by atoms with van der Waals surface area (Å²) < 4.78 is 5.75. The molecule has 0 radical (unpaired) electrons. The number of hydrogen-bond acceptors (Lipinski definition) is 3. The Morgan fingerprint density at radius 1 is 1.03 bits per heavy atom. The van der Waals surface area contributed by atoms with Gasteiger partial charge in [-0.2, -0.15) is 0 Å². The summed E-state index contributed by atoms with van der Waals surface area (Å²) in [5, 5.41) is 2.93. The largest absolute Gasteiger partial charge is 0.484 e. The number of aryl methyl sites for hydroxylation is 3. The van der Waals surface area contributed by atoms with Gasteiger partial charge >= 0.3 is 0 Å². The first-order valence-corrected chi connectivity index (χ1v) is 10.6. The van der Waals surface area contributed by atoms with Gasteiger partial charge in [0.25, 0.3) is 5.91 Å². The normalized spacial score (nSPS) is 11.6. The lowest BCUT2D eigenvalue weighted by Crippen LogP contribution is -2.49. The van der Waals surface area contributed by atoms with Crippen molar-refractivity contribution in [1.82, 2.24) is 10.2 Å². The Morgan fingerprint density at radius 2 is 1.73 bits per heavy atom. The molecule has 5 heteroatoms. The maximum atomic E-state index is 13.0. The fourth-order valence-corrected chi connectivity index (χ4v) is 3.04. The van der Waals surface area contributed by atoms with Crippen molar-refractivity contribution in [2.24, 2.45) is 0 Å². The van der Waals surface area contributed by atoms with E-state index in [1.165, 1.54) is 5.56 Å². The van der Waals surface area contributed by atoms with Gasteiger partial charge in [0.2, 0.25) is 5.91 Å². The van der Waals surface area contributed by atoms with Gasteiger partial charge in [-0.05, 0) is 62.9 Å². The van der Waals surface area contributed by atoms with Crippen LogP contribution in [0.15, 0.2) is 42.5 Å². The van der Waals surface area contributed by atoms with E-state index in [0.29, 0.717) is 18.8 Å². The fourth-order valence-electron chi connectivity index (χ4n) is 3.04. The molecule has 0 heterocycles. The molecular formula is C25H34N2O3. The summed E-state index contributed by atoms with van der Waals surface area (Å²) in [5.74, 6) is 0.295. The first-order chi connectivity index (χ1) is 14.3. The average molecular weight is 411 g/mol. The minimum absolute atomic E-state index is 0.110. The zero-order valence-corrected chi connectivity index (χ0v) is 18.8. The Balaban J connectivity index is 2.11. The highest BCUT2D eigenvalue weighted by atomic mass is 16.5. The Hall–Kier alpha value is -2.82. The summed E-state index contributed by atoms with van der Waals surface area (Å²) in [5.41, 5.74) is 4.42. The number of ether oxygens (including phenoxy) is 1. The van der Waals surface area contributed by atoms with Crippen LogP contribution in [0.25, 0.3) is 0 Å². The lowest BCUT2D eigenvalue weighted by Gasteiger charge is -2.29. The van der Waals surface area contributed by atoms with Crippen LogP contribution in [0, 0.1) is 20.8 Å². The minimum Gasteiger partial charge on any atom is -0.484 e. The highest BCUT2D eigenvalue weighted by molar-refractivity contribution is 5.87.